The fourth-order valence-electron chi connectivity index (χ4n) is 1.55. The third kappa shape index (κ3) is 10.3. The molecule has 0 saturated carbocycles. The number of amides is 1. The van der Waals surface area contributed by atoms with Crippen LogP contribution in [0.2, 0.25) is 0 Å². The van der Waals surface area contributed by atoms with Crippen LogP contribution in [0.25, 0.3) is 0 Å². The predicted molar refractivity (Wildman–Crippen MR) is 83.6 cm³/mol. The summed E-state index contributed by atoms with van der Waals surface area (Å²) in [5, 5.41) is 5.94. The standard InChI is InChI=1S/C9H11NO.C7H17N/c1-2-8-4-3-5-9(6-8)10-7-11;1-3-5-7-8-6-4-2/h3-7H,2H2,1H3,(H,10,11);8H,3-7H2,1-2H3. The highest BCUT2D eigenvalue weighted by Crippen LogP contribution is 2.09. The first-order valence-corrected chi connectivity index (χ1v) is 7.28. The molecular weight excluding hydrogens is 236 g/mol. The summed E-state index contributed by atoms with van der Waals surface area (Å²) in [6, 6.07) is 7.81. The number of hydrogen-bond acceptors (Lipinski definition) is 2. The van der Waals surface area contributed by atoms with Crippen molar-refractivity contribution in [3.63, 3.8) is 0 Å². The summed E-state index contributed by atoms with van der Waals surface area (Å²) < 4.78 is 0. The molecule has 1 amide bonds. The van der Waals surface area contributed by atoms with Gasteiger partial charge in [0.1, 0.15) is 0 Å². The maximum atomic E-state index is 10.1. The van der Waals surface area contributed by atoms with Gasteiger partial charge < -0.3 is 10.6 Å². The Labute approximate surface area is 117 Å². The van der Waals surface area contributed by atoms with E-state index in [4.69, 9.17) is 0 Å². The number of carbonyl (C=O) groups is 1. The summed E-state index contributed by atoms with van der Waals surface area (Å²) in [5.74, 6) is 0. The maximum Gasteiger partial charge on any atom is 0.211 e. The van der Waals surface area contributed by atoms with Gasteiger partial charge in [0, 0.05) is 5.69 Å². The number of hydrogen-bond donors (Lipinski definition) is 2. The van der Waals surface area contributed by atoms with Gasteiger partial charge >= 0.3 is 0 Å². The molecule has 19 heavy (non-hydrogen) atoms. The summed E-state index contributed by atoms with van der Waals surface area (Å²) in [6.45, 7) is 8.87. The van der Waals surface area contributed by atoms with Crippen molar-refractivity contribution >= 4 is 12.1 Å². The number of anilines is 1. The van der Waals surface area contributed by atoms with Crippen molar-refractivity contribution in [2.24, 2.45) is 0 Å². The van der Waals surface area contributed by atoms with Gasteiger partial charge in [-0.25, -0.2) is 0 Å². The smallest absolute Gasteiger partial charge is 0.211 e. The SMILES string of the molecule is CCCCNCCC.CCc1cccc(NC=O)c1. The number of rotatable bonds is 8. The van der Waals surface area contributed by atoms with Crippen molar-refractivity contribution in [2.45, 2.75) is 46.5 Å². The molecule has 1 aromatic carbocycles. The average Bonchev–Trinajstić information content (AvgIpc) is 2.45. The van der Waals surface area contributed by atoms with E-state index < -0.39 is 0 Å². The Kier molecular flexibility index (Phi) is 12.2. The molecule has 0 atom stereocenters. The van der Waals surface area contributed by atoms with Crippen LogP contribution < -0.4 is 10.6 Å². The van der Waals surface area contributed by atoms with E-state index in [1.807, 2.05) is 24.3 Å². The van der Waals surface area contributed by atoms with Crippen LogP contribution in [0.4, 0.5) is 5.69 Å². The lowest BCUT2D eigenvalue weighted by Crippen LogP contribution is -2.15. The molecule has 0 aromatic heterocycles. The zero-order valence-corrected chi connectivity index (χ0v) is 12.5. The van der Waals surface area contributed by atoms with E-state index in [0.717, 1.165) is 12.1 Å². The zero-order valence-electron chi connectivity index (χ0n) is 12.5. The summed E-state index contributed by atoms with van der Waals surface area (Å²) in [5.41, 5.74) is 2.09. The Hall–Kier alpha value is -1.35. The number of benzene rings is 1. The molecule has 2 N–H and O–H groups in total. The van der Waals surface area contributed by atoms with Gasteiger partial charge in [-0.05, 0) is 50.0 Å². The molecule has 0 aliphatic carbocycles. The second kappa shape index (κ2) is 13.1. The van der Waals surface area contributed by atoms with E-state index in [9.17, 15) is 4.79 Å². The molecule has 0 aliphatic rings. The van der Waals surface area contributed by atoms with Gasteiger partial charge in [0.15, 0.2) is 0 Å². The average molecular weight is 264 g/mol. The highest BCUT2D eigenvalue weighted by atomic mass is 16.1. The fraction of sp³-hybridized carbons (Fsp3) is 0.562. The number of unbranched alkanes of at least 4 members (excludes halogenated alkanes) is 1. The topological polar surface area (TPSA) is 41.1 Å². The first-order chi connectivity index (χ1) is 9.28. The molecule has 0 spiro atoms. The molecule has 1 rings (SSSR count). The van der Waals surface area contributed by atoms with Crippen LogP contribution in [0.5, 0.6) is 0 Å². The van der Waals surface area contributed by atoms with Crippen LogP contribution in [0.3, 0.4) is 0 Å². The Balaban J connectivity index is 0.000000362. The van der Waals surface area contributed by atoms with Crippen molar-refractivity contribution < 1.29 is 4.79 Å². The third-order valence-corrected chi connectivity index (χ3v) is 2.69. The first-order valence-electron chi connectivity index (χ1n) is 7.28. The van der Waals surface area contributed by atoms with Crippen LogP contribution in [0, 0.1) is 0 Å². The lowest BCUT2D eigenvalue weighted by molar-refractivity contribution is -0.105. The quantitative estimate of drug-likeness (QED) is 0.556. The summed E-state index contributed by atoms with van der Waals surface area (Å²) in [7, 11) is 0. The number of carbonyl (C=O) groups excluding carboxylic acids is 1. The summed E-state index contributed by atoms with van der Waals surface area (Å²) in [6.07, 6.45) is 5.56. The van der Waals surface area contributed by atoms with Crippen molar-refractivity contribution in [1.82, 2.24) is 5.32 Å². The largest absolute Gasteiger partial charge is 0.329 e. The maximum absolute atomic E-state index is 10.1. The predicted octanol–water partition coefficient (Wildman–Crippen LogP) is 3.60. The van der Waals surface area contributed by atoms with Gasteiger partial charge in [-0.15, -0.1) is 0 Å². The van der Waals surface area contributed by atoms with Crippen LogP contribution >= 0.6 is 0 Å². The highest BCUT2D eigenvalue weighted by molar-refractivity contribution is 5.71. The Morgan fingerprint density at radius 3 is 2.47 bits per heavy atom. The minimum Gasteiger partial charge on any atom is -0.329 e. The lowest BCUT2D eigenvalue weighted by Gasteiger charge is -1.99. The third-order valence-electron chi connectivity index (χ3n) is 2.69. The van der Waals surface area contributed by atoms with E-state index in [2.05, 4.69) is 31.4 Å². The fourth-order valence-corrected chi connectivity index (χ4v) is 1.55. The Bertz CT molecular complexity index is 320. The van der Waals surface area contributed by atoms with Gasteiger partial charge in [0.25, 0.3) is 0 Å². The van der Waals surface area contributed by atoms with Gasteiger partial charge in [-0.2, -0.15) is 0 Å². The van der Waals surface area contributed by atoms with Gasteiger partial charge in [-0.1, -0.05) is 39.3 Å². The molecule has 0 radical (unpaired) electrons. The van der Waals surface area contributed by atoms with Crippen molar-refractivity contribution in [2.75, 3.05) is 18.4 Å². The van der Waals surface area contributed by atoms with Crippen molar-refractivity contribution in [1.29, 1.82) is 0 Å². The highest BCUT2D eigenvalue weighted by Gasteiger charge is 1.90. The second-order valence-electron chi connectivity index (χ2n) is 4.42. The van der Waals surface area contributed by atoms with Crippen molar-refractivity contribution in [3.8, 4) is 0 Å². The van der Waals surface area contributed by atoms with Crippen LogP contribution in [-0.4, -0.2) is 19.5 Å². The molecule has 0 aliphatic heterocycles. The van der Waals surface area contributed by atoms with E-state index in [-0.39, 0.29) is 0 Å². The normalized spacial score (nSPS) is 9.42. The number of aryl methyl sites for hydroxylation is 1. The van der Waals surface area contributed by atoms with E-state index >= 15 is 0 Å². The molecule has 1 aromatic rings. The second-order valence-corrected chi connectivity index (χ2v) is 4.42. The van der Waals surface area contributed by atoms with Crippen LogP contribution in [0.1, 0.15) is 45.6 Å². The van der Waals surface area contributed by atoms with Crippen LogP contribution in [0.15, 0.2) is 24.3 Å². The van der Waals surface area contributed by atoms with E-state index in [1.165, 1.54) is 37.9 Å². The van der Waals surface area contributed by atoms with Gasteiger partial charge in [-0.3, -0.25) is 4.79 Å². The molecule has 0 saturated heterocycles. The monoisotopic (exact) mass is 264 g/mol. The Morgan fingerprint density at radius 1 is 1.11 bits per heavy atom. The molecule has 108 valence electrons. The van der Waals surface area contributed by atoms with E-state index in [0.29, 0.717) is 6.41 Å². The van der Waals surface area contributed by atoms with Gasteiger partial charge in [0.05, 0.1) is 0 Å². The molecule has 0 fully saturated rings. The Morgan fingerprint density at radius 2 is 1.89 bits per heavy atom. The number of nitrogens with one attached hydrogen (secondary N) is 2. The van der Waals surface area contributed by atoms with E-state index in [1.54, 1.807) is 0 Å². The molecule has 3 nitrogen and oxygen atoms in total. The first kappa shape index (κ1) is 17.6. The summed E-state index contributed by atoms with van der Waals surface area (Å²) >= 11 is 0. The molecule has 0 heterocycles. The molecular formula is C16H28N2O. The molecule has 0 bridgehead atoms. The lowest BCUT2D eigenvalue weighted by atomic mass is 10.1. The minimum atomic E-state index is 0.689. The zero-order chi connectivity index (χ0) is 14.3. The molecule has 0 unspecified atom stereocenters. The van der Waals surface area contributed by atoms with Gasteiger partial charge in [0.2, 0.25) is 6.41 Å². The molecule has 3 heteroatoms. The van der Waals surface area contributed by atoms with Crippen LogP contribution in [-0.2, 0) is 11.2 Å². The van der Waals surface area contributed by atoms with Crippen molar-refractivity contribution in [3.05, 3.63) is 29.8 Å². The summed E-state index contributed by atoms with van der Waals surface area (Å²) in [4.78, 5) is 10.1. The minimum absolute atomic E-state index is 0.689.